The van der Waals surface area contributed by atoms with E-state index in [1.807, 2.05) is 0 Å². The Morgan fingerprint density at radius 1 is 1.67 bits per heavy atom. The first-order valence-corrected chi connectivity index (χ1v) is 3.97. The van der Waals surface area contributed by atoms with Crippen LogP contribution in [-0.2, 0) is 0 Å². The maximum Gasteiger partial charge on any atom is 0.206 e. The largest absolute Gasteiger partial charge is 0.352 e. The van der Waals surface area contributed by atoms with Gasteiger partial charge in [-0.3, -0.25) is 16.3 Å². The van der Waals surface area contributed by atoms with Gasteiger partial charge >= 0.3 is 0 Å². The second-order valence-corrected chi connectivity index (χ2v) is 2.58. The van der Waals surface area contributed by atoms with E-state index in [9.17, 15) is 0 Å². The van der Waals surface area contributed by atoms with E-state index >= 15 is 0 Å². The molecule has 1 fully saturated rings. The number of guanidine groups is 1. The van der Waals surface area contributed by atoms with E-state index in [0.29, 0.717) is 5.96 Å². The van der Waals surface area contributed by atoms with E-state index in [1.165, 1.54) is 18.4 Å². The highest BCUT2D eigenvalue weighted by molar-refractivity contribution is 5.79. The molecule has 0 atom stereocenters. The molecule has 1 aliphatic rings. The van der Waals surface area contributed by atoms with Crippen molar-refractivity contribution in [1.29, 1.82) is 0 Å². The SMILES string of the molecule is CN=C(NCC=C1CC1)NNN. The summed E-state index contributed by atoms with van der Waals surface area (Å²) in [4.78, 5) is 3.92. The maximum absolute atomic E-state index is 5.05. The molecule has 5 heteroatoms. The number of nitrogens with one attached hydrogen (secondary N) is 3. The van der Waals surface area contributed by atoms with E-state index in [-0.39, 0.29) is 0 Å². The van der Waals surface area contributed by atoms with Gasteiger partial charge in [0.2, 0.25) is 5.96 Å². The lowest BCUT2D eigenvalue weighted by Crippen LogP contribution is -2.48. The molecule has 0 aromatic heterocycles. The second kappa shape index (κ2) is 4.74. The topological polar surface area (TPSA) is 74.5 Å². The number of hydrogen-bond donors (Lipinski definition) is 4. The van der Waals surface area contributed by atoms with Gasteiger partial charge in [0, 0.05) is 13.6 Å². The van der Waals surface area contributed by atoms with Gasteiger partial charge in [-0.2, -0.15) is 5.53 Å². The van der Waals surface area contributed by atoms with Crippen molar-refractivity contribution in [3.05, 3.63) is 11.6 Å². The lowest BCUT2D eigenvalue weighted by atomic mass is 10.5. The highest BCUT2D eigenvalue weighted by Crippen LogP contribution is 2.26. The highest BCUT2D eigenvalue weighted by Gasteiger charge is 2.09. The second-order valence-electron chi connectivity index (χ2n) is 2.58. The number of nitrogens with zero attached hydrogens (tertiary/aromatic N) is 1. The fourth-order valence-corrected chi connectivity index (χ4v) is 0.816. The van der Waals surface area contributed by atoms with Crippen molar-refractivity contribution in [3.63, 3.8) is 0 Å². The minimum Gasteiger partial charge on any atom is -0.352 e. The van der Waals surface area contributed by atoms with Crippen molar-refractivity contribution in [3.8, 4) is 0 Å². The summed E-state index contributed by atoms with van der Waals surface area (Å²) in [5, 5.41) is 3.06. The maximum atomic E-state index is 5.05. The lowest BCUT2D eigenvalue weighted by molar-refractivity contribution is 0.674. The molecule has 5 nitrogen and oxygen atoms in total. The Kier molecular flexibility index (Phi) is 3.56. The molecule has 1 saturated carbocycles. The summed E-state index contributed by atoms with van der Waals surface area (Å²) < 4.78 is 0. The van der Waals surface area contributed by atoms with Crippen LogP contribution >= 0.6 is 0 Å². The predicted octanol–water partition coefficient (Wildman–Crippen LogP) is -0.750. The van der Waals surface area contributed by atoms with Gasteiger partial charge in [-0.05, 0) is 12.8 Å². The first kappa shape index (κ1) is 9.02. The number of rotatable bonds is 3. The Labute approximate surface area is 72.1 Å². The van der Waals surface area contributed by atoms with Crippen LogP contribution in [0.3, 0.4) is 0 Å². The van der Waals surface area contributed by atoms with E-state index in [2.05, 4.69) is 27.3 Å². The van der Waals surface area contributed by atoms with Gasteiger partial charge < -0.3 is 5.32 Å². The predicted molar refractivity (Wildman–Crippen MR) is 49.1 cm³/mol. The molecular weight excluding hydrogens is 154 g/mol. The molecule has 0 aromatic rings. The molecular formula is C7H15N5. The quantitative estimate of drug-likeness (QED) is 0.147. The van der Waals surface area contributed by atoms with Crippen LogP contribution in [0.2, 0.25) is 0 Å². The Balaban J connectivity index is 2.14. The van der Waals surface area contributed by atoms with E-state index in [4.69, 9.17) is 5.84 Å². The number of nitrogens with two attached hydrogens (primary N) is 1. The molecule has 0 heterocycles. The third-order valence-electron chi connectivity index (χ3n) is 1.61. The summed E-state index contributed by atoms with van der Waals surface area (Å²) in [7, 11) is 1.69. The monoisotopic (exact) mass is 169 g/mol. The number of hydrazine groups is 2. The van der Waals surface area contributed by atoms with Crippen LogP contribution in [0.1, 0.15) is 12.8 Å². The molecule has 0 amide bonds. The molecule has 0 saturated heterocycles. The van der Waals surface area contributed by atoms with Crippen molar-refractivity contribution in [2.45, 2.75) is 12.8 Å². The van der Waals surface area contributed by atoms with Crippen LogP contribution in [0.15, 0.2) is 16.6 Å². The molecule has 5 N–H and O–H groups in total. The third kappa shape index (κ3) is 3.36. The first-order valence-electron chi connectivity index (χ1n) is 3.97. The van der Waals surface area contributed by atoms with Crippen molar-refractivity contribution in [1.82, 2.24) is 16.3 Å². The van der Waals surface area contributed by atoms with Crippen molar-refractivity contribution in [2.24, 2.45) is 10.8 Å². The zero-order chi connectivity index (χ0) is 8.81. The Morgan fingerprint density at radius 2 is 2.42 bits per heavy atom. The van der Waals surface area contributed by atoms with Crippen molar-refractivity contribution >= 4 is 5.96 Å². The van der Waals surface area contributed by atoms with Gasteiger partial charge in [-0.25, -0.2) is 0 Å². The minimum atomic E-state index is 0.648. The van der Waals surface area contributed by atoms with Crippen LogP contribution in [0.4, 0.5) is 0 Å². The fraction of sp³-hybridized carbons (Fsp3) is 0.571. The third-order valence-corrected chi connectivity index (χ3v) is 1.61. The van der Waals surface area contributed by atoms with Crippen molar-refractivity contribution in [2.75, 3.05) is 13.6 Å². The molecule has 0 spiro atoms. The van der Waals surface area contributed by atoms with Gasteiger partial charge in [0.15, 0.2) is 0 Å². The smallest absolute Gasteiger partial charge is 0.206 e. The lowest BCUT2D eigenvalue weighted by Gasteiger charge is -2.07. The van der Waals surface area contributed by atoms with Gasteiger partial charge in [-0.15, -0.1) is 0 Å². The van der Waals surface area contributed by atoms with Gasteiger partial charge in [0.1, 0.15) is 0 Å². The molecule has 0 radical (unpaired) electrons. The van der Waals surface area contributed by atoms with Crippen LogP contribution in [0, 0.1) is 0 Å². The summed E-state index contributed by atoms with van der Waals surface area (Å²) in [6.45, 7) is 0.802. The number of hydrogen-bond acceptors (Lipinski definition) is 3. The van der Waals surface area contributed by atoms with Crippen LogP contribution < -0.4 is 22.1 Å². The number of allylic oxidation sites excluding steroid dienone is 1. The van der Waals surface area contributed by atoms with Gasteiger partial charge in [0.25, 0.3) is 0 Å². The normalized spacial score (nSPS) is 15.8. The zero-order valence-corrected chi connectivity index (χ0v) is 7.22. The average Bonchev–Trinajstić information content (AvgIpc) is 2.87. The Hall–Kier alpha value is -1.07. The molecule has 1 rings (SSSR count). The first-order chi connectivity index (χ1) is 5.86. The summed E-state index contributed by atoms with van der Waals surface area (Å²) in [6, 6.07) is 0. The van der Waals surface area contributed by atoms with Gasteiger partial charge in [-0.1, -0.05) is 11.6 Å². The molecule has 0 aliphatic heterocycles. The van der Waals surface area contributed by atoms with E-state index in [0.717, 1.165) is 6.54 Å². The molecule has 0 bridgehead atoms. The summed E-state index contributed by atoms with van der Waals surface area (Å²) in [5.41, 5.74) is 6.48. The number of aliphatic imine (C=N–C) groups is 1. The average molecular weight is 169 g/mol. The molecule has 0 aromatic carbocycles. The van der Waals surface area contributed by atoms with E-state index in [1.54, 1.807) is 7.05 Å². The Morgan fingerprint density at radius 3 is 2.92 bits per heavy atom. The Bertz CT molecular complexity index is 190. The van der Waals surface area contributed by atoms with Crippen LogP contribution in [0.25, 0.3) is 0 Å². The van der Waals surface area contributed by atoms with E-state index < -0.39 is 0 Å². The minimum absolute atomic E-state index is 0.648. The van der Waals surface area contributed by atoms with Gasteiger partial charge in [0.05, 0.1) is 0 Å². The highest BCUT2D eigenvalue weighted by atomic mass is 15.6. The molecule has 0 unspecified atom stereocenters. The van der Waals surface area contributed by atoms with Crippen molar-refractivity contribution < 1.29 is 0 Å². The zero-order valence-electron chi connectivity index (χ0n) is 7.22. The fourth-order valence-electron chi connectivity index (χ4n) is 0.816. The summed E-state index contributed by atoms with van der Waals surface area (Å²) >= 11 is 0. The molecule has 1 aliphatic carbocycles. The summed E-state index contributed by atoms with van der Waals surface area (Å²) in [6.07, 6.45) is 4.68. The van der Waals surface area contributed by atoms with Crippen LogP contribution in [-0.4, -0.2) is 19.6 Å². The standard InChI is InChI=1S/C7H15N5/c1-9-7(11-12-8)10-5-4-6-2-3-6/h4,12H,2-3,5,8H2,1H3,(H2,9,10,11). The molecule has 68 valence electrons. The molecule has 12 heavy (non-hydrogen) atoms. The summed E-state index contributed by atoms with van der Waals surface area (Å²) in [5.74, 6) is 5.70. The van der Waals surface area contributed by atoms with Crippen LogP contribution in [0.5, 0.6) is 0 Å².